The second-order valence-corrected chi connectivity index (χ2v) is 8.82. The molecule has 2 N–H and O–H groups in total. The molecule has 0 saturated carbocycles. The maximum Gasteiger partial charge on any atom is 0.253 e. The van der Waals surface area contributed by atoms with E-state index < -0.39 is 9.84 Å². The molecule has 0 aliphatic rings. The van der Waals surface area contributed by atoms with Gasteiger partial charge in [0.05, 0.1) is 5.75 Å². The number of rotatable bonds is 9. The number of nitrogens with zero attached hydrogens (tertiary/aromatic N) is 2. The fourth-order valence-corrected chi connectivity index (χ4v) is 3.32. The van der Waals surface area contributed by atoms with Gasteiger partial charge in [-0.2, -0.15) is 0 Å². The Morgan fingerprint density at radius 3 is 2.26 bits per heavy atom. The van der Waals surface area contributed by atoms with Crippen molar-refractivity contribution in [2.45, 2.75) is 39.8 Å². The van der Waals surface area contributed by atoms with Crippen molar-refractivity contribution in [2.24, 2.45) is 4.99 Å². The number of hydrogen-bond acceptors (Lipinski definition) is 4. The zero-order valence-electron chi connectivity index (χ0n) is 16.9. The van der Waals surface area contributed by atoms with E-state index in [1.807, 2.05) is 45.0 Å². The summed E-state index contributed by atoms with van der Waals surface area (Å²) in [6.07, 6.45) is 1.75. The molecule has 7 nitrogen and oxygen atoms in total. The Morgan fingerprint density at radius 1 is 1.19 bits per heavy atom. The summed E-state index contributed by atoms with van der Waals surface area (Å²) >= 11 is 0. The summed E-state index contributed by atoms with van der Waals surface area (Å²) in [4.78, 5) is 18.3. The van der Waals surface area contributed by atoms with E-state index in [1.165, 1.54) is 6.26 Å². The number of nitrogens with one attached hydrogen (secondary N) is 2. The molecule has 0 bridgehead atoms. The smallest absolute Gasteiger partial charge is 0.253 e. The van der Waals surface area contributed by atoms with Crippen molar-refractivity contribution in [3.8, 4) is 0 Å². The highest BCUT2D eigenvalue weighted by Gasteiger charge is 2.12. The second kappa shape index (κ2) is 10.9. The molecule has 1 unspecified atom stereocenters. The Labute approximate surface area is 163 Å². The van der Waals surface area contributed by atoms with Crippen LogP contribution in [0.1, 0.15) is 43.1 Å². The highest BCUT2D eigenvalue weighted by Crippen LogP contribution is 2.08. The third kappa shape index (κ3) is 8.43. The van der Waals surface area contributed by atoms with Crippen LogP contribution in [0, 0.1) is 0 Å². The van der Waals surface area contributed by atoms with Crippen molar-refractivity contribution >= 4 is 21.7 Å². The molecule has 27 heavy (non-hydrogen) atoms. The molecule has 0 aliphatic carbocycles. The van der Waals surface area contributed by atoms with E-state index in [1.54, 1.807) is 11.9 Å². The van der Waals surface area contributed by atoms with Crippen molar-refractivity contribution in [3.63, 3.8) is 0 Å². The quantitative estimate of drug-likeness (QED) is 0.489. The van der Waals surface area contributed by atoms with Gasteiger partial charge in [-0.15, -0.1) is 0 Å². The maximum absolute atomic E-state index is 12.3. The number of guanidine groups is 1. The van der Waals surface area contributed by atoms with Gasteiger partial charge in [-0.25, -0.2) is 8.42 Å². The molecule has 0 aromatic heterocycles. The van der Waals surface area contributed by atoms with Gasteiger partial charge in [0, 0.05) is 44.5 Å². The van der Waals surface area contributed by atoms with Crippen LogP contribution in [-0.4, -0.2) is 63.4 Å². The van der Waals surface area contributed by atoms with Gasteiger partial charge in [0.2, 0.25) is 0 Å². The molecule has 152 valence electrons. The van der Waals surface area contributed by atoms with Gasteiger partial charge in [-0.1, -0.05) is 12.1 Å². The summed E-state index contributed by atoms with van der Waals surface area (Å²) in [6, 6.07) is 7.50. The lowest BCUT2D eigenvalue weighted by Gasteiger charge is -2.19. The van der Waals surface area contributed by atoms with Crippen LogP contribution in [0.15, 0.2) is 29.3 Å². The minimum absolute atomic E-state index is 0.0139. The van der Waals surface area contributed by atoms with E-state index in [0.717, 1.165) is 5.56 Å². The van der Waals surface area contributed by atoms with Crippen LogP contribution in [0.5, 0.6) is 0 Å². The Balaban J connectivity index is 2.57. The zero-order chi connectivity index (χ0) is 20.4. The lowest BCUT2D eigenvalue weighted by atomic mass is 10.1. The molecule has 1 aromatic rings. The fraction of sp³-hybridized carbons (Fsp3) is 0.579. The van der Waals surface area contributed by atoms with E-state index in [9.17, 15) is 13.2 Å². The summed E-state index contributed by atoms with van der Waals surface area (Å²) < 4.78 is 22.5. The van der Waals surface area contributed by atoms with E-state index in [4.69, 9.17) is 0 Å². The fourth-order valence-electron chi connectivity index (χ4n) is 2.54. The summed E-state index contributed by atoms with van der Waals surface area (Å²) in [7, 11) is -1.30. The first-order valence-electron chi connectivity index (χ1n) is 9.23. The first-order chi connectivity index (χ1) is 12.7. The molecule has 0 radical (unpaired) electrons. The molecular weight excluding hydrogens is 364 g/mol. The van der Waals surface area contributed by atoms with Gasteiger partial charge >= 0.3 is 0 Å². The van der Waals surface area contributed by atoms with E-state index in [2.05, 4.69) is 15.6 Å². The summed E-state index contributed by atoms with van der Waals surface area (Å²) in [5, 5.41) is 6.38. The van der Waals surface area contributed by atoms with E-state index >= 15 is 0 Å². The standard InChI is InChI=1S/C19H32N4O3S/c1-6-23(7-2)18(24)17-10-8-16(9-11-17)14-21-19(20-4)22-15(3)12-13-27(5,25)26/h8-11,15H,6-7,12-14H2,1-5H3,(H2,20,21,22). The maximum atomic E-state index is 12.3. The minimum atomic E-state index is -2.97. The Kier molecular flexibility index (Phi) is 9.28. The van der Waals surface area contributed by atoms with Crippen molar-refractivity contribution in [1.29, 1.82) is 0 Å². The van der Waals surface area contributed by atoms with Crippen LogP contribution in [-0.2, 0) is 16.4 Å². The van der Waals surface area contributed by atoms with Crippen LogP contribution in [0.4, 0.5) is 0 Å². The molecule has 0 saturated heterocycles. The van der Waals surface area contributed by atoms with Crippen LogP contribution in [0.3, 0.4) is 0 Å². The molecule has 0 aliphatic heterocycles. The number of benzene rings is 1. The third-order valence-corrected chi connectivity index (χ3v) is 5.22. The minimum Gasteiger partial charge on any atom is -0.354 e. The molecule has 1 aromatic carbocycles. The van der Waals surface area contributed by atoms with Crippen LogP contribution in [0.25, 0.3) is 0 Å². The molecule has 1 rings (SSSR count). The number of carbonyl (C=O) groups is 1. The van der Waals surface area contributed by atoms with Gasteiger partial charge in [0.25, 0.3) is 5.91 Å². The predicted octanol–water partition coefficient (Wildman–Crippen LogP) is 1.66. The van der Waals surface area contributed by atoms with Gasteiger partial charge in [0.1, 0.15) is 9.84 Å². The Morgan fingerprint density at radius 2 is 1.78 bits per heavy atom. The van der Waals surface area contributed by atoms with Gasteiger partial charge in [-0.3, -0.25) is 9.79 Å². The van der Waals surface area contributed by atoms with Gasteiger partial charge in [-0.05, 0) is 44.9 Å². The number of sulfone groups is 1. The lowest BCUT2D eigenvalue weighted by molar-refractivity contribution is 0.0773. The molecule has 1 atom stereocenters. The second-order valence-electron chi connectivity index (χ2n) is 6.56. The molecule has 0 fully saturated rings. The zero-order valence-corrected chi connectivity index (χ0v) is 17.8. The first-order valence-corrected chi connectivity index (χ1v) is 11.3. The number of hydrogen-bond donors (Lipinski definition) is 2. The molecular formula is C19H32N4O3S. The third-order valence-electron chi connectivity index (χ3n) is 4.24. The van der Waals surface area contributed by atoms with Gasteiger partial charge in [0.15, 0.2) is 5.96 Å². The summed E-state index contributed by atoms with van der Waals surface area (Å²) in [5.74, 6) is 0.788. The molecule has 0 spiro atoms. The van der Waals surface area contributed by atoms with Gasteiger partial charge < -0.3 is 15.5 Å². The number of amides is 1. The van der Waals surface area contributed by atoms with Crippen molar-refractivity contribution in [3.05, 3.63) is 35.4 Å². The number of aliphatic imine (C=N–C) groups is 1. The Hall–Kier alpha value is -2.09. The normalized spacial score (nSPS) is 13.1. The van der Waals surface area contributed by atoms with Crippen molar-refractivity contribution in [2.75, 3.05) is 32.1 Å². The largest absolute Gasteiger partial charge is 0.354 e. The molecule has 0 heterocycles. The topological polar surface area (TPSA) is 90.9 Å². The van der Waals surface area contributed by atoms with Crippen LogP contribution >= 0.6 is 0 Å². The Bertz CT molecular complexity index is 726. The SMILES string of the molecule is CCN(CC)C(=O)c1ccc(CNC(=NC)NC(C)CCS(C)(=O)=O)cc1. The summed E-state index contributed by atoms with van der Waals surface area (Å²) in [6.45, 7) is 7.80. The lowest BCUT2D eigenvalue weighted by Crippen LogP contribution is -2.42. The highest BCUT2D eigenvalue weighted by molar-refractivity contribution is 7.90. The molecule has 8 heteroatoms. The van der Waals surface area contributed by atoms with Crippen LogP contribution < -0.4 is 10.6 Å². The predicted molar refractivity (Wildman–Crippen MR) is 111 cm³/mol. The number of carbonyl (C=O) groups excluding carboxylic acids is 1. The average molecular weight is 397 g/mol. The monoisotopic (exact) mass is 396 g/mol. The van der Waals surface area contributed by atoms with Crippen LogP contribution in [0.2, 0.25) is 0 Å². The first kappa shape index (κ1) is 23.0. The van der Waals surface area contributed by atoms with Crippen molar-refractivity contribution < 1.29 is 13.2 Å². The van der Waals surface area contributed by atoms with Crippen molar-refractivity contribution in [1.82, 2.24) is 15.5 Å². The van der Waals surface area contributed by atoms with E-state index in [0.29, 0.717) is 37.6 Å². The molecule has 1 amide bonds. The van der Waals surface area contributed by atoms with E-state index in [-0.39, 0.29) is 17.7 Å². The summed E-state index contributed by atoms with van der Waals surface area (Å²) in [5.41, 5.74) is 1.71. The highest BCUT2D eigenvalue weighted by atomic mass is 32.2. The average Bonchev–Trinajstić information content (AvgIpc) is 2.64.